The van der Waals surface area contributed by atoms with Gasteiger partial charge in [-0.3, -0.25) is 4.79 Å². The molecule has 214 valence electrons. The van der Waals surface area contributed by atoms with Crippen molar-refractivity contribution in [2.45, 2.75) is 58.0 Å². The number of phenolic OH excluding ortho intramolecular Hbond substituents is 1. The summed E-state index contributed by atoms with van der Waals surface area (Å²) in [6, 6.07) is 13.0. The number of carboxylic acid groups (broad SMARTS) is 1. The highest BCUT2D eigenvalue weighted by Crippen LogP contribution is 2.68. The molecule has 0 spiro atoms. The SMILES string of the molecule is C[C@]12C(=O)C=C(O)C=C1CC[C@@H]1[C@@H]2CC[C@@]2(C)[C@H]1CCC2(OC(=O)c1ccc(Oc2ccccc2)c(O)c1)C(=O)O. The zero-order valence-corrected chi connectivity index (χ0v) is 23.1. The standard InChI is InChI=1S/C33H34O8/c1-31-14-12-25-23(10-9-20-17-21(34)18-28(36)32(20,25)2)24(31)13-15-33(31,30(38)39)41-29(37)19-8-11-27(26(35)16-19)40-22-6-4-3-5-7-22/h3-8,11,16-18,23-25,34-35H,9-10,12-15H2,1-2H3,(H,38,39)/t23-,24-,25-,31-,32-,33?/m0/s1. The predicted octanol–water partition coefficient (Wildman–Crippen LogP) is 6.36. The Morgan fingerprint density at radius 1 is 0.927 bits per heavy atom. The number of fused-ring (bicyclic) bond motifs is 5. The van der Waals surface area contributed by atoms with Gasteiger partial charge in [-0.2, -0.15) is 0 Å². The van der Waals surface area contributed by atoms with Gasteiger partial charge in [-0.1, -0.05) is 30.7 Å². The summed E-state index contributed by atoms with van der Waals surface area (Å²) in [6.07, 6.45) is 6.31. The maximum Gasteiger partial charge on any atom is 0.348 e. The molecule has 8 heteroatoms. The van der Waals surface area contributed by atoms with Crippen LogP contribution in [0.25, 0.3) is 0 Å². The molecule has 4 aliphatic rings. The number of hydrogen-bond donors (Lipinski definition) is 3. The molecule has 0 amide bonds. The number of ketones is 1. The summed E-state index contributed by atoms with van der Waals surface area (Å²) in [5.41, 5.74) is -2.31. The van der Waals surface area contributed by atoms with E-state index in [0.717, 1.165) is 12.0 Å². The number of phenols is 1. The van der Waals surface area contributed by atoms with Crippen LogP contribution in [0, 0.1) is 28.6 Å². The van der Waals surface area contributed by atoms with E-state index in [1.807, 2.05) is 19.9 Å². The molecule has 0 radical (unpaired) electrons. The molecule has 6 rings (SSSR count). The third-order valence-electron chi connectivity index (χ3n) is 10.6. The van der Waals surface area contributed by atoms with Gasteiger partial charge in [0.05, 0.1) is 11.0 Å². The number of carbonyl (C=O) groups is 3. The van der Waals surface area contributed by atoms with Gasteiger partial charge in [0.15, 0.2) is 17.3 Å². The normalized spacial score (nSPS) is 33.9. The second-order valence-corrected chi connectivity index (χ2v) is 12.3. The van der Waals surface area contributed by atoms with Gasteiger partial charge in [0.2, 0.25) is 5.60 Å². The number of carbonyl (C=O) groups excluding carboxylic acids is 2. The Morgan fingerprint density at radius 2 is 1.66 bits per heavy atom. The van der Waals surface area contributed by atoms with Crippen LogP contribution in [0.15, 0.2) is 72.0 Å². The predicted molar refractivity (Wildman–Crippen MR) is 149 cm³/mol. The molecule has 3 N–H and O–H groups in total. The van der Waals surface area contributed by atoms with Crippen molar-refractivity contribution in [1.82, 2.24) is 0 Å². The lowest BCUT2D eigenvalue weighted by atomic mass is 9.46. The summed E-state index contributed by atoms with van der Waals surface area (Å²) in [5.74, 6) is -1.63. The average molecular weight is 559 g/mol. The Bertz CT molecular complexity index is 1490. The number of para-hydroxylation sites is 1. The second-order valence-electron chi connectivity index (χ2n) is 12.3. The van der Waals surface area contributed by atoms with Crippen LogP contribution in [0.2, 0.25) is 0 Å². The van der Waals surface area contributed by atoms with Gasteiger partial charge in [-0.25, -0.2) is 9.59 Å². The number of ether oxygens (including phenoxy) is 2. The van der Waals surface area contributed by atoms with Crippen molar-refractivity contribution in [1.29, 1.82) is 0 Å². The highest BCUT2D eigenvalue weighted by atomic mass is 16.6. The molecule has 41 heavy (non-hydrogen) atoms. The maximum absolute atomic E-state index is 13.4. The van der Waals surface area contributed by atoms with Crippen LogP contribution < -0.4 is 4.74 Å². The number of hydrogen-bond acceptors (Lipinski definition) is 7. The number of carboxylic acids is 1. The Labute approximate surface area is 238 Å². The van der Waals surface area contributed by atoms with Crippen LogP contribution >= 0.6 is 0 Å². The van der Waals surface area contributed by atoms with Crippen LogP contribution in [0.3, 0.4) is 0 Å². The van der Waals surface area contributed by atoms with Gasteiger partial charge >= 0.3 is 11.9 Å². The number of benzene rings is 2. The number of aromatic hydroxyl groups is 1. The summed E-state index contributed by atoms with van der Waals surface area (Å²) in [7, 11) is 0. The number of allylic oxidation sites excluding steroid dienone is 3. The monoisotopic (exact) mass is 558 g/mol. The lowest BCUT2D eigenvalue weighted by Crippen LogP contribution is -2.59. The van der Waals surface area contributed by atoms with Crippen molar-refractivity contribution in [3.8, 4) is 17.2 Å². The zero-order chi connectivity index (χ0) is 29.2. The van der Waals surface area contributed by atoms with E-state index in [1.165, 1.54) is 24.3 Å². The summed E-state index contributed by atoms with van der Waals surface area (Å²) >= 11 is 0. The second kappa shape index (κ2) is 9.50. The first-order valence-electron chi connectivity index (χ1n) is 14.2. The number of esters is 1. The third-order valence-corrected chi connectivity index (χ3v) is 10.6. The summed E-state index contributed by atoms with van der Waals surface area (Å²) in [6.45, 7) is 3.87. The molecule has 2 aromatic carbocycles. The lowest BCUT2D eigenvalue weighted by Gasteiger charge is -2.57. The first-order chi connectivity index (χ1) is 19.5. The largest absolute Gasteiger partial charge is 0.508 e. The highest BCUT2D eigenvalue weighted by molar-refractivity contribution is 5.99. The molecule has 1 unspecified atom stereocenters. The first-order valence-corrected chi connectivity index (χ1v) is 14.2. The highest BCUT2D eigenvalue weighted by Gasteiger charge is 2.70. The lowest BCUT2D eigenvalue weighted by molar-refractivity contribution is -0.182. The van der Waals surface area contributed by atoms with E-state index in [1.54, 1.807) is 30.3 Å². The van der Waals surface area contributed by atoms with Gasteiger partial charge in [0.25, 0.3) is 0 Å². The molecule has 0 aromatic heterocycles. The van der Waals surface area contributed by atoms with Crippen molar-refractivity contribution in [3.63, 3.8) is 0 Å². The van der Waals surface area contributed by atoms with Crippen molar-refractivity contribution in [3.05, 3.63) is 77.6 Å². The van der Waals surface area contributed by atoms with Crippen molar-refractivity contribution >= 4 is 17.7 Å². The fraction of sp³-hybridized carbons (Fsp3) is 0.424. The molecule has 0 aliphatic heterocycles. The Kier molecular flexibility index (Phi) is 6.28. The molecule has 3 fully saturated rings. The number of aliphatic hydroxyl groups excluding tert-OH is 1. The fourth-order valence-corrected chi connectivity index (χ4v) is 8.42. The number of aliphatic hydroxyl groups is 1. The van der Waals surface area contributed by atoms with Gasteiger partial charge in [0.1, 0.15) is 11.5 Å². The van der Waals surface area contributed by atoms with Gasteiger partial charge in [0, 0.05) is 11.5 Å². The van der Waals surface area contributed by atoms with Crippen LogP contribution in [-0.4, -0.2) is 38.6 Å². The van der Waals surface area contributed by atoms with E-state index in [4.69, 9.17) is 9.47 Å². The Hall–Kier alpha value is -4.07. The molecule has 4 aliphatic carbocycles. The third kappa shape index (κ3) is 3.98. The molecule has 0 saturated heterocycles. The van der Waals surface area contributed by atoms with Crippen LogP contribution in [0.5, 0.6) is 17.2 Å². The minimum absolute atomic E-state index is 0.00931. The Morgan fingerprint density at radius 3 is 2.37 bits per heavy atom. The molecule has 0 heterocycles. The van der Waals surface area contributed by atoms with E-state index in [2.05, 4.69) is 0 Å². The van der Waals surface area contributed by atoms with Crippen LogP contribution in [0.1, 0.15) is 62.7 Å². The Balaban J connectivity index is 1.26. The molecule has 0 bridgehead atoms. The molecule has 2 aromatic rings. The van der Waals surface area contributed by atoms with Crippen molar-refractivity contribution < 1.29 is 39.2 Å². The van der Waals surface area contributed by atoms with Gasteiger partial charge < -0.3 is 24.8 Å². The quantitative estimate of drug-likeness (QED) is 0.362. The smallest absolute Gasteiger partial charge is 0.348 e. The minimum Gasteiger partial charge on any atom is -0.508 e. The number of aliphatic carboxylic acids is 1. The van der Waals surface area contributed by atoms with Crippen molar-refractivity contribution in [2.24, 2.45) is 28.6 Å². The van der Waals surface area contributed by atoms with Crippen molar-refractivity contribution in [2.75, 3.05) is 0 Å². The average Bonchev–Trinajstić information content (AvgIpc) is 3.24. The summed E-state index contributed by atoms with van der Waals surface area (Å²) < 4.78 is 11.7. The molecule has 6 atom stereocenters. The van der Waals surface area contributed by atoms with E-state index < -0.39 is 28.4 Å². The van der Waals surface area contributed by atoms with E-state index in [9.17, 15) is 29.7 Å². The zero-order valence-electron chi connectivity index (χ0n) is 23.1. The summed E-state index contributed by atoms with van der Waals surface area (Å²) in [4.78, 5) is 39.6. The van der Waals surface area contributed by atoms with E-state index >= 15 is 0 Å². The molecular weight excluding hydrogens is 524 g/mol. The van der Waals surface area contributed by atoms with Gasteiger partial charge in [-0.15, -0.1) is 0 Å². The number of rotatable bonds is 5. The van der Waals surface area contributed by atoms with E-state index in [-0.39, 0.29) is 52.8 Å². The summed E-state index contributed by atoms with van der Waals surface area (Å²) in [5, 5.41) is 31.2. The fourth-order valence-electron chi connectivity index (χ4n) is 8.42. The molecular formula is C33H34O8. The van der Waals surface area contributed by atoms with Gasteiger partial charge in [-0.05, 0) is 99.6 Å². The van der Waals surface area contributed by atoms with Crippen LogP contribution in [0.4, 0.5) is 0 Å². The molecule has 8 nitrogen and oxygen atoms in total. The molecule has 3 saturated carbocycles. The first kappa shape index (κ1) is 27.1. The van der Waals surface area contributed by atoms with Crippen LogP contribution in [-0.2, 0) is 14.3 Å². The minimum atomic E-state index is -1.74. The maximum atomic E-state index is 13.4. The topological polar surface area (TPSA) is 130 Å². The van der Waals surface area contributed by atoms with E-state index in [0.29, 0.717) is 31.4 Å².